The third kappa shape index (κ3) is 4.86. The van der Waals surface area contributed by atoms with Crippen molar-refractivity contribution < 1.29 is 4.74 Å². The van der Waals surface area contributed by atoms with Crippen LogP contribution >= 0.6 is 0 Å². The summed E-state index contributed by atoms with van der Waals surface area (Å²) in [6.07, 6.45) is 18.9. The number of ether oxygens (including phenoxy) is 1. The van der Waals surface area contributed by atoms with Crippen LogP contribution in [0.1, 0.15) is 85.0 Å². The molecule has 0 amide bonds. The Kier molecular flexibility index (Phi) is 7.11. The molecule has 1 aliphatic heterocycles. The second-order valence-corrected chi connectivity index (χ2v) is 9.66. The second-order valence-electron chi connectivity index (χ2n) is 9.66. The minimum absolute atomic E-state index is 0.429. The van der Waals surface area contributed by atoms with Crippen molar-refractivity contribution in [2.45, 2.75) is 97.9 Å². The van der Waals surface area contributed by atoms with Gasteiger partial charge >= 0.3 is 0 Å². The first-order chi connectivity index (χ1) is 12.5. The lowest BCUT2D eigenvalue weighted by Gasteiger charge is -2.40. The highest BCUT2D eigenvalue weighted by molar-refractivity contribution is 6.43. The van der Waals surface area contributed by atoms with Gasteiger partial charge in [-0.1, -0.05) is 39.2 Å². The molecule has 0 aromatic rings. The van der Waals surface area contributed by atoms with Crippen molar-refractivity contribution in [3.05, 3.63) is 23.2 Å². The van der Waals surface area contributed by atoms with Crippen LogP contribution in [0.3, 0.4) is 0 Å². The first kappa shape index (κ1) is 20.2. The van der Waals surface area contributed by atoms with E-state index in [1.165, 1.54) is 64.2 Å². The summed E-state index contributed by atoms with van der Waals surface area (Å²) in [5.74, 6) is 2.52. The van der Waals surface area contributed by atoms with Gasteiger partial charge in [-0.15, -0.1) is 5.47 Å². The van der Waals surface area contributed by atoms with Crippen molar-refractivity contribution in [3.63, 3.8) is 0 Å². The van der Waals surface area contributed by atoms with Crippen LogP contribution < -0.4 is 0 Å². The van der Waals surface area contributed by atoms with Crippen LogP contribution in [0.2, 0.25) is 6.82 Å². The molecule has 145 valence electrons. The van der Waals surface area contributed by atoms with Crippen LogP contribution in [-0.2, 0) is 4.74 Å². The molecule has 1 heterocycles. The summed E-state index contributed by atoms with van der Waals surface area (Å²) in [5, 5.41) is 0. The summed E-state index contributed by atoms with van der Waals surface area (Å²) >= 11 is 0. The molecular weight excluding hydrogens is 315 g/mol. The Morgan fingerprint density at radius 2 is 2.08 bits per heavy atom. The Hall–Kier alpha value is -0.495. The van der Waals surface area contributed by atoms with Gasteiger partial charge in [-0.2, -0.15) is 0 Å². The number of hydrogen-bond donors (Lipinski definition) is 0. The van der Waals surface area contributed by atoms with Crippen LogP contribution in [0.25, 0.3) is 0 Å². The van der Waals surface area contributed by atoms with E-state index in [9.17, 15) is 0 Å². The van der Waals surface area contributed by atoms with E-state index < -0.39 is 0 Å². The molecule has 0 N–H and O–H groups in total. The van der Waals surface area contributed by atoms with Gasteiger partial charge in [-0.25, -0.2) is 0 Å². The molecule has 0 spiro atoms. The number of rotatable bonds is 4. The lowest BCUT2D eigenvalue weighted by atomic mass is 9.61. The molecule has 1 nitrogen and oxygen atoms in total. The Labute approximate surface area is 163 Å². The largest absolute Gasteiger partial charge is 0.378 e. The third-order valence-corrected chi connectivity index (χ3v) is 7.89. The van der Waals surface area contributed by atoms with Crippen molar-refractivity contribution in [1.29, 1.82) is 0 Å². The monoisotopic (exact) mass is 355 g/mol. The molecule has 3 rings (SSSR count). The molecule has 2 aliphatic carbocycles. The van der Waals surface area contributed by atoms with E-state index in [1.807, 2.05) is 0 Å². The summed E-state index contributed by atoms with van der Waals surface area (Å²) in [6.45, 7) is 10.5. The minimum atomic E-state index is 0.429. The van der Waals surface area contributed by atoms with Gasteiger partial charge in [-0.05, 0) is 93.5 Å². The Balaban J connectivity index is 1.63. The molecule has 0 saturated carbocycles. The summed E-state index contributed by atoms with van der Waals surface area (Å²) < 4.78 is 6.00. The maximum atomic E-state index is 6.00. The van der Waals surface area contributed by atoms with Gasteiger partial charge in [0.1, 0.15) is 7.28 Å². The van der Waals surface area contributed by atoms with Gasteiger partial charge < -0.3 is 4.74 Å². The van der Waals surface area contributed by atoms with Crippen molar-refractivity contribution in [2.24, 2.45) is 23.2 Å². The van der Waals surface area contributed by atoms with Crippen LogP contribution in [-0.4, -0.2) is 20.0 Å². The standard InChI is InChI=1S/C24H40BO/c1-18-16-19(2)26-15-6-5-13-24(18,3)14-12-20-8-7-9-21-17-22(25-4)10-11-23(20)21/h9,17-20,23H,5-8,10-16H2,1-4H3/t18?,19-,20?,23?,24?/m1/s1. The average molecular weight is 355 g/mol. The topological polar surface area (TPSA) is 9.23 Å². The third-order valence-electron chi connectivity index (χ3n) is 7.89. The minimum Gasteiger partial charge on any atom is -0.378 e. The summed E-state index contributed by atoms with van der Waals surface area (Å²) in [7, 11) is 2.31. The molecule has 3 aliphatic rings. The first-order valence-corrected chi connectivity index (χ1v) is 11.3. The SMILES string of the molecule is C[B]C1=CC2=CCCC(CCC3(C)CCCCO[C@H](C)CC3C)C2CC1. The van der Waals surface area contributed by atoms with Gasteiger partial charge in [0.15, 0.2) is 0 Å². The smallest absolute Gasteiger partial charge is 0.142 e. The average Bonchev–Trinajstić information content (AvgIpc) is 2.70. The zero-order valence-corrected chi connectivity index (χ0v) is 17.7. The lowest BCUT2D eigenvalue weighted by Crippen LogP contribution is -2.30. The number of allylic oxidation sites excluding steroid dienone is 4. The van der Waals surface area contributed by atoms with Crippen LogP contribution in [0.5, 0.6) is 0 Å². The van der Waals surface area contributed by atoms with Crippen molar-refractivity contribution in [2.75, 3.05) is 6.61 Å². The Morgan fingerprint density at radius 3 is 2.88 bits per heavy atom. The summed E-state index contributed by atoms with van der Waals surface area (Å²) in [4.78, 5) is 0. The van der Waals surface area contributed by atoms with E-state index in [4.69, 9.17) is 4.74 Å². The van der Waals surface area contributed by atoms with E-state index in [0.717, 1.165) is 24.4 Å². The fourth-order valence-electron chi connectivity index (χ4n) is 5.74. The van der Waals surface area contributed by atoms with Gasteiger partial charge in [0, 0.05) is 6.61 Å². The molecule has 0 aromatic carbocycles. The zero-order valence-electron chi connectivity index (χ0n) is 17.7. The van der Waals surface area contributed by atoms with Gasteiger partial charge in [-0.3, -0.25) is 0 Å². The van der Waals surface area contributed by atoms with Gasteiger partial charge in [0.2, 0.25) is 0 Å². The quantitative estimate of drug-likeness (QED) is 0.506. The van der Waals surface area contributed by atoms with Crippen LogP contribution in [0.15, 0.2) is 23.2 Å². The molecular formula is C24H40BO. The molecule has 1 saturated heterocycles. The molecule has 1 fully saturated rings. The highest BCUT2D eigenvalue weighted by Gasteiger charge is 2.35. The van der Waals surface area contributed by atoms with Crippen molar-refractivity contribution in [3.8, 4) is 0 Å². The predicted octanol–water partition coefficient (Wildman–Crippen LogP) is 6.77. The van der Waals surface area contributed by atoms with Crippen molar-refractivity contribution >= 4 is 7.28 Å². The molecule has 0 bridgehead atoms. The lowest BCUT2D eigenvalue weighted by molar-refractivity contribution is 0.0372. The summed E-state index contributed by atoms with van der Waals surface area (Å²) in [6, 6.07) is 0. The van der Waals surface area contributed by atoms with Crippen LogP contribution in [0.4, 0.5) is 0 Å². The Morgan fingerprint density at radius 1 is 1.23 bits per heavy atom. The predicted molar refractivity (Wildman–Crippen MR) is 114 cm³/mol. The van der Waals surface area contributed by atoms with E-state index in [-0.39, 0.29) is 0 Å². The van der Waals surface area contributed by atoms with E-state index in [1.54, 1.807) is 11.0 Å². The van der Waals surface area contributed by atoms with Gasteiger partial charge in [0.25, 0.3) is 0 Å². The molecule has 26 heavy (non-hydrogen) atoms. The molecule has 5 atom stereocenters. The molecule has 0 aromatic heterocycles. The van der Waals surface area contributed by atoms with E-state index in [0.29, 0.717) is 11.5 Å². The normalized spacial score (nSPS) is 38.9. The second kappa shape index (κ2) is 9.13. The van der Waals surface area contributed by atoms with Crippen molar-refractivity contribution in [1.82, 2.24) is 0 Å². The zero-order chi connectivity index (χ0) is 18.6. The Bertz CT molecular complexity index is 522. The maximum Gasteiger partial charge on any atom is 0.142 e. The summed E-state index contributed by atoms with van der Waals surface area (Å²) in [5.41, 5.74) is 3.71. The molecule has 1 radical (unpaired) electrons. The van der Waals surface area contributed by atoms with Gasteiger partial charge in [0.05, 0.1) is 6.10 Å². The highest BCUT2D eigenvalue weighted by atomic mass is 16.5. The molecule has 4 unspecified atom stereocenters. The highest BCUT2D eigenvalue weighted by Crippen LogP contribution is 2.46. The van der Waals surface area contributed by atoms with E-state index in [2.05, 4.69) is 47.0 Å². The molecule has 2 heteroatoms. The number of hydrogen-bond acceptors (Lipinski definition) is 1. The number of fused-ring (bicyclic) bond motifs is 1. The fraction of sp³-hybridized carbons (Fsp3) is 0.833. The fourth-order valence-corrected chi connectivity index (χ4v) is 5.74. The maximum absolute atomic E-state index is 6.00. The van der Waals surface area contributed by atoms with E-state index >= 15 is 0 Å². The van der Waals surface area contributed by atoms with Crippen LogP contribution in [0, 0.1) is 23.2 Å². The first-order valence-electron chi connectivity index (χ1n) is 11.3.